The molecule has 5 N–H and O–H groups in total. The van der Waals surface area contributed by atoms with Gasteiger partial charge in [0, 0.05) is 6.54 Å². The van der Waals surface area contributed by atoms with Crippen LogP contribution in [0.2, 0.25) is 0 Å². The number of benzene rings is 2. The smallest absolute Gasteiger partial charge is 0.322 e. The topological polar surface area (TPSA) is 127 Å². The van der Waals surface area contributed by atoms with Gasteiger partial charge in [-0.1, -0.05) is 42.5 Å². The van der Waals surface area contributed by atoms with Crippen LogP contribution in [-0.4, -0.2) is 28.5 Å². The molecule has 0 saturated heterocycles. The Kier molecular flexibility index (Phi) is 6.83. The lowest BCUT2D eigenvalue weighted by molar-refractivity contribution is -0.134. The molecule has 1 amide bonds. The van der Waals surface area contributed by atoms with E-state index in [-0.39, 0.29) is 29.7 Å². The number of amides is 1. The van der Waals surface area contributed by atoms with E-state index in [9.17, 15) is 9.59 Å². The highest BCUT2D eigenvalue weighted by atomic mass is 16.5. The Bertz CT molecular complexity index is 1010. The Morgan fingerprint density at radius 2 is 1.70 bits per heavy atom. The highest BCUT2D eigenvalue weighted by molar-refractivity contribution is 5.98. The maximum Gasteiger partial charge on any atom is 0.322 e. The van der Waals surface area contributed by atoms with Gasteiger partial charge in [-0.2, -0.15) is 0 Å². The Balaban J connectivity index is 1.51. The molecular formula is C22H22N4O4. The van der Waals surface area contributed by atoms with E-state index in [1.54, 1.807) is 0 Å². The zero-order valence-electron chi connectivity index (χ0n) is 16.2. The summed E-state index contributed by atoms with van der Waals surface area (Å²) < 4.78 is 5.75. The number of aromatic nitrogens is 1. The second-order valence-electron chi connectivity index (χ2n) is 6.48. The van der Waals surface area contributed by atoms with E-state index in [4.69, 9.17) is 15.6 Å². The lowest BCUT2D eigenvalue weighted by atomic mass is 10.2. The van der Waals surface area contributed by atoms with Crippen LogP contribution in [0.1, 0.15) is 21.5 Å². The molecule has 2 aromatic carbocycles. The molecule has 154 valence electrons. The van der Waals surface area contributed by atoms with Gasteiger partial charge in [0.25, 0.3) is 5.91 Å². The third-order valence-electron chi connectivity index (χ3n) is 4.21. The molecule has 1 heterocycles. The van der Waals surface area contributed by atoms with Crippen molar-refractivity contribution in [1.82, 2.24) is 10.3 Å². The van der Waals surface area contributed by atoms with Gasteiger partial charge in [0.1, 0.15) is 30.5 Å². The molecule has 0 fully saturated rings. The summed E-state index contributed by atoms with van der Waals surface area (Å²) in [4.78, 5) is 27.0. The van der Waals surface area contributed by atoms with Crippen LogP contribution in [0.3, 0.4) is 0 Å². The van der Waals surface area contributed by atoms with Crippen molar-refractivity contribution < 1.29 is 19.4 Å². The largest absolute Gasteiger partial charge is 0.489 e. The monoisotopic (exact) mass is 406 g/mol. The van der Waals surface area contributed by atoms with Crippen molar-refractivity contribution in [2.24, 2.45) is 0 Å². The van der Waals surface area contributed by atoms with Gasteiger partial charge in [-0.25, -0.2) is 4.98 Å². The van der Waals surface area contributed by atoms with Crippen LogP contribution in [0.15, 0.2) is 66.7 Å². The summed E-state index contributed by atoms with van der Waals surface area (Å²) in [6.07, 6.45) is 0. The van der Waals surface area contributed by atoms with E-state index < -0.39 is 5.97 Å². The Morgan fingerprint density at radius 1 is 0.967 bits per heavy atom. The van der Waals surface area contributed by atoms with Crippen molar-refractivity contribution in [2.75, 3.05) is 17.6 Å². The van der Waals surface area contributed by atoms with E-state index in [1.165, 1.54) is 12.1 Å². The number of hydrogen-bond donors (Lipinski definition) is 4. The van der Waals surface area contributed by atoms with Crippen molar-refractivity contribution in [3.8, 4) is 5.75 Å². The third kappa shape index (κ3) is 5.96. The summed E-state index contributed by atoms with van der Waals surface area (Å²) in [6.45, 7) is 0.514. The minimum absolute atomic E-state index is 0.0209. The molecule has 8 heteroatoms. The average molecular weight is 406 g/mol. The zero-order chi connectivity index (χ0) is 21.3. The van der Waals surface area contributed by atoms with Gasteiger partial charge < -0.3 is 26.2 Å². The minimum Gasteiger partial charge on any atom is -0.489 e. The molecule has 0 atom stereocenters. The molecule has 0 spiro atoms. The Hall–Kier alpha value is -4.07. The molecule has 0 unspecified atom stereocenters. The van der Waals surface area contributed by atoms with Crippen LogP contribution in [0.5, 0.6) is 5.75 Å². The normalized spacial score (nSPS) is 10.3. The summed E-state index contributed by atoms with van der Waals surface area (Å²) in [6, 6.07) is 20.4. The van der Waals surface area contributed by atoms with E-state index in [0.717, 1.165) is 16.9 Å². The van der Waals surface area contributed by atoms with Crippen LogP contribution < -0.4 is 21.1 Å². The fraction of sp³-hybridized carbons (Fsp3) is 0.136. The van der Waals surface area contributed by atoms with Crippen LogP contribution in [0, 0.1) is 0 Å². The number of carboxylic acids is 1. The number of aliphatic carboxylic acids is 1. The molecule has 8 nitrogen and oxygen atoms in total. The van der Waals surface area contributed by atoms with Crippen molar-refractivity contribution >= 4 is 23.5 Å². The van der Waals surface area contributed by atoms with E-state index in [1.807, 2.05) is 54.6 Å². The number of nitrogens with two attached hydrogens (primary N) is 1. The number of ether oxygens (including phenoxy) is 1. The molecule has 0 aliphatic carbocycles. The summed E-state index contributed by atoms with van der Waals surface area (Å²) >= 11 is 0. The van der Waals surface area contributed by atoms with Gasteiger partial charge in [-0.05, 0) is 35.4 Å². The summed E-state index contributed by atoms with van der Waals surface area (Å²) in [5.41, 5.74) is 8.04. The number of carbonyl (C=O) groups is 2. The number of carboxylic acid groups (broad SMARTS) is 1. The average Bonchev–Trinajstić information content (AvgIpc) is 2.76. The standard InChI is InChI=1S/C22H22N4O4/c23-21-18(10-11-19(26-21)24-13-20(27)28)22(29)25-12-15-6-8-17(9-7-15)30-14-16-4-2-1-3-5-16/h1-11H,12-14H2,(H,25,29)(H,27,28)(H3,23,24,26). The number of hydrogen-bond acceptors (Lipinski definition) is 6. The first-order valence-electron chi connectivity index (χ1n) is 9.27. The summed E-state index contributed by atoms with van der Waals surface area (Å²) in [7, 11) is 0. The predicted octanol–water partition coefficient (Wildman–Crippen LogP) is 2.67. The first kappa shape index (κ1) is 20.7. The third-order valence-corrected chi connectivity index (χ3v) is 4.21. The van der Waals surface area contributed by atoms with Crippen LogP contribution in [-0.2, 0) is 17.9 Å². The molecule has 0 saturated carbocycles. The van der Waals surface area contributed by atoms with Crippen molar-refractivity contribution in [2.45, 2.75) is 13.2 Å². The molecule has 0 aliphatic heterocycles. The van der Waals surface area contributed by atoms with Gasteiger partial charge in [0.15, 0.2) is 0 Å². The highest BCUT2D eigenvalue weighted by Gasteiger charge is 2.12. The van der Waals surface area contributed by atoms with E-state index >= 15 is 0 Å². The summed E-state index contributed by atoms with van der Waals surface area (Å²) in [5, 5.41) is 14.1. The number of nitrogens with zero attached hydrogens (tertiary/aromatic N) is 1. The fourth-order valence-corrected chi connectivity index (χ4v) is 2.65. The van der Waals surface area contributed by atoms with Crippen molar-refractivity contribution in [3.05, 3.63) is 83.4 Å². The second kappa shape index (κ2) is 9.92. The lowest BCUT2D eigenvalue weighted by Crippen LogP contribution is -2.24. The van der Waals surface area contributed by atoms with Gasteiger partial charge in [-0.3, -0.25) is 9.59 Å². The SMILES string of the molecule is Nc1nc(NCC(=O)O)ccc1C(=O)NCc1ccc(OCc2ccccc2)cc1. The number of nitrogen functional groups attached to an aromatic ring is 1. The summed E-state index contributed by atoms with van der Waals surface area (Å²) in [5.74, 6) is -0.334. The van der Waals surface area contributed by atoms with Crippen LogP contribution in [0.25, 0.3) is 0 Å². The second-order valence-corrected chi connectivity index (χ2v) is 6.48. The number of pyridine rings is 1. The Labute approximate surface area is 173 Å². The minimum atomic E-state index is -1.02. The first-order valence-corrected chi connectivity index (χ1v) is 9.27. The van der Waals surface area contributed by atoms with Gasteiger partial charge >= 0.3 is 5.97 Å². The molecule has 0 radical (unpaired) electrons. The maximum atomic E-state index is 12.4. The fourth-order valence-electron chi connectivity index (χ4n) is 2.65. The van der Waals surface area contributed by atoms with E-state index in [0.29, 0.717) is 13.2 Å². The molecule has 1 aromatic heterocycles. The number of carbonyl (C=O) groups excluding carboxylic acids is 1. The number of rotatable bonds is 9. The maximum absolute atomic E-state index is 12.4. The van der Waals surface area contributed by atoms with Gasteiger partial charge in [0.2, 0.25) is 0 Å². The quantitative estimate of drug-likeness (QED) is 0.430. The lowest BCUT2D eigenvalue weighted by Gasteiger charge is -2.10. The molecule has 3 aromatic rings. The zero-order valence-corrected chi connectivity index (χ0v) is 16.2. The van der Waals surface area contributed by atoms with Crippen LogP contribution >= 0.6 is 0 Å². The number of nitrogens with one attached hydrogen (secondary N) is 2. The number of anilines is 2. The molecule has 0 aliphatic rings. The highest BCUT2D eigenvalue weighted by Crippen LogP contribution is 2.16. The predicted molar refractivity (Wildman–Crippen MR) is 113 cm³/mol. The molecule has 0 bridgehead atoms. The first-order chi connectivity index (χ1) is 14.5. The molecule has 3 rings (SSSR count). The van der Waals surface area contributed by atoms with E-state index in [2.05, 4.69) is 15.6 Å². The van der Waals surface area contributed by atoms with Crippen LogP contribution in [0.4, 0.5) is 11.6 Å². The van der Waals surface area contributed by atoms with Gasteiger partial charge in [-0.15, -0.1) is 0 Å². The molecule has 30 heavy (non-hydrogen) atoms. The van der Waals surface area contributed by atoms with Gasteiger partial charge in [0.05, 0.1) is 5.56 Å². The van der Waals surface area contributed by atoms with Crippen molar-refractivity contribution in [1.29, 1.82) is 0 Å². The van der Waals surface area contributed by atoms with Crippen molar-refractivity contribution in [3.63, 3.8) is 0 Å². The Morgan fingerprint density at radius 3 is 2.37 bits per heavy atom. The molecular weight excluding hydrogens is 384 g/mol.